The van der Waals surface area contributed by atoms with Gasteiger partial charge in [-0.3, -0.25) is 4.79 Å². The third-order valence-electron chi connectivity index (χ3n) is 3.32. The summed E-state index contributed by atoms with van der Waals surface area (Å²) in [7, 11) is 0. The first-order chi connectivity index (χ1) is 8.11. The minimum Gasteiger partial charge on any atom is -0.477 e. The Balaban J connectivity index is 2.53. The number of benzene rings is 1. The molecule has 2 heterocycles. The van der Waals surface area contributed by atoms with Crippen molar-refractivity contribution in [3.05, 3.63) is 35.0 Å². The molecule has 0 fully saturated rings. The summed E-state index contributed by atoms with van der Waals surface area (Å²) in [4.78, 5) is 23.0. The summed E-state index contributed by atoms with van der Waals surface area (Å²) in [6.07, 6.45) is 0.838. The van der Waals surface area contributed by atoms with Crippen LogP contribution in [0.4, 0.5) is 0 Å². The van der Waals surface area contributed by atoms with Crippen molar-refractivity contribution in [3.63, 3.8) is 0 Å². The highest BCUT2D eigenvalue weighted by atomic mass is 16.4. The molecule has 4 heteroatoms. The van der Waals surface area contributed by atoms with E-state index in [9.17, 15) is 14.7 Å². The Morgan fingerprint density at radius 3 is 2.76 bits per heavy atom. The number of Topliss-reactive ketones (excluding diaryl/α,β-unsaturated/α-hetero) is 1. The van der Waals surface area contributed by atoms with Gasteiger partial charge in [-0.2, -0.15) is 0 Å². The molecule has 17 heavy (non-hydrogen) atoms. The SMILES string of the molecule is CC(=O)c1c(C(=O)O)n2c3c(cccc13)CC2. The lowest BCUT2D eigenvalue weighted by atomic mass is 10.0. The summed E-state index contributed by atoms with van der Waals surface area (Å²) in [5, 5.41) is 10.0. The fraction of sp³-hybridized carbons (Fsp3) is 0.231. The van der Waals surface area contributed by atoms with Crippen LogP contribution in [0.2, 0.25) is 0 Å². The van der Waals surface area contributed by atoms with Crippen molar-refractivity contribution in [3.8, 4) is 0 Å². The number of hydrogen-bond acceptors (Lipinski definition) is 2. The zero-order valence-electron chi connectivity index (χ0n) is 9.36. The molecule has 0 saturated heterocycles. The Kier molecular flexibility index (Phi) is 1.90. The molecule has 0 unspecified atom stereocenters. The first-order valence-electron chi connectivity index (χ1n) is 5.49. The number of rotatable bonds is 2. The van der Waals surface area contributed by atoms with Crippen LogP contribution in [0.1, 0.15) is 33.3 Å². The van der Waals surface area contributed by atoms with Crippen molar-refractivity contribution >= 4 is 22.7 Å². The number of carboxylic acids is 1. The smallest absolute Gasteiger partial charge is 0.353 e. The Bertz CT molecular complexity index is 667. The molecular formula is C13H11NO3. The number of carbonyl (C=O) groups excluding carboxylic acids is 1. The van der Waals surface area contributed by atoms with E-state index in [2.05, 4.69) is 0 Å². The van der Waals surface area contributed by atoms with Crippen LogP contribution in [0, 0.1) is 0 Å². The molecule has 1 aliphatic heterocycles. The van der Waals surface area contributed by atoms with Gasteiger partial charge in [0.05, 0.1) is 11.1 Å². The summed E-state index contributed by atoms with van der Waals surface area (Å²) in [6, 6.07) is 5.69. The van der Waals surface area contributed by atoms with Gasteiger partial charge in [-0.25, -0.2) is 4.79 Å². The number of carbonyl (C=O) groups is 2. The van der Waals surface area contributed by atoms with Crippen LogP contribution in [0.3, 0.4) is 0 Å². The van der Waals surface area contributed by atoms with Crippen molar-refractivity contribution in [1.82, 2.24) is 4.57 Å². The first-order valence-corrected chi connectivity index (χ1v) is 5.49. The van der Waals surface area contributed by atoms with Crippen LogP contribution in [0.5, 0.6) is 0 Å². The van der Waals surface area contributed by atoms with Gasteiger partial charge in [0.1, 0.15) is 5.69 Å². The highest BCUT2D eigenvalue weighted by Gasteiger charge is 2.28. The Morgan fingerprint density at radius 1 is 1.35 bits per heavy atom. The highest BCUT2D eigenvalue weighted by molar-refractivity contribution is 6.15. The van der Waals surface area contributed by atoms with Gasteiger partial charge in [0.2, 0.25) is 0 Å². The Labute approximate surface area is 97.5 Å². The van der Waals surface area contributed by atoms with Gasteiger partial charge >= 0.3 is 5.97 Å². The second-order valence-electron chi connectivity index (χ2n) is 4.30. The molecule has 1 aromatic carbocycles. The molecule has 0 radical (unpaired) electrons. The van der Waals surface area contributed by atoms with Crippen molar-refractivity contribution in [2.24, 2.45) is 0 Å². The maximum Gasteiger partial charge on any atom is 0.353 e. The van der Waals surface area contributed by atoms with Crippen LogP contribution < -0.4 is 0 Å². The van der Waals surface area contributed by atoms with E-state index in [0.29, 0.717) is 12.1 Å². The van der Waals surface area contributed by atoms with Crippen molar-refractivity contribution in [2.45, 2.75) is 19.9 Å². The molecule has 0 spiro atoms. The standard InChI is InChI=1S/C13H11NO3/c1-7(15)10-9-4-2-3-8-5-6-14(11(8)9)12(10)13(16)17/h2-4H,5-6H2,1H3,(H,16,17). The summed E-state index contributed by atoms with van der Waals surface area (Å²) in [6.45, 7) is 2.06. The predicted octanol–water partition coefficient (Wildman–Crippen LogP) is 2.10. The molecule has 1 aliphatic rings. The topological polar surface area (TPSA) is 59.3 Å². The number of carboxylic acid groups (broad SMARTS) is 1. The minimum absolute atomic E-state index is 0.137. The van der Waals surface area contributed by atoms with Gasteiger partial charge in [-0.05, 0) is 18.9 Å². The molecule has 0 saturated carbocycles. The van der Waals surface area contributed by atoms with Crippen molar-refractivity contribution in [2.75, 3.05) is 0 Å². The maximum atomic E-state index is 11.7. The van der Waals surface area contributed by atoms with Crippen molar-refractivity contribution < 1.29 is 14.7 Å². The number of ketones is 1. The highest BCUT2D eigenvalue weighted by Crippen LogP contribution is 2.33. The Hall–Kier alpha value is -2.10. The predicted molar refractivity (Wildman–Crippen MR) is 62.6 cm³/mol. The fourth-order valence-electron chi connectivity index (χ4n) is 2.72. The normalized spacial score (nSPS) is 13.2. The van der Waals surface area contributed by atoms with Gasteiger partial charge in [0.15, 0.2) is 5.78 Å². The molecule has 3 rings (SSSR count). The van der Waals surface area contributed by atoms with E-state index < -0.39 is 5.97 Å². The van der Waals surface area contributed by atoms with Crippen molar-refractivity contribution in [1.29, 1.82) is 0 Å². The van der Waals surface area contributed by atoms with Gasteiger partial charge in [-0.1, -0.05) is 18.2 Å². The molecule has 0 bridgehead atoms. The largest absolute Gasteiger partial charge is 0.477 e. The summed E-state index contributed by atoms with van der Waals surface area (Å²) in [5.74, 6) is -1.22. The van der Waals surface area contributed by atoms with Gasteiger partial charge < -0.3 is 9.67 Å². The average molecular weight is 229 g/mol. The zero-order valence-corrected chi connectivity index (χ0v) is 9.36. The monoisotopic (exact) mass is 229 g/mol. The quantitative estimate of drug-likeness (QED) is 0.802. The van der Waals surface area contributed by atoms with E-state index in [-0.39, 0.29) is 11.5 Å². The molecule has 0 amide bonds. The summed E-state index contributed by atoms with van der Waals surface area (Å²) < 4.78 is 1.75. The maximum absolute atomic E-state index is 11.7. The average Bonchev–Trinajstić information content (AvgIpc) is 2.82. The number of nitrogens with zero attached hydrogens (tertiary/aromatic N) is 1. The van der Waals surface area contributed by atoms with E-state index >= 15 is 0 Å². The van der Waals surface area contributed by atoms with Crippen LogP contribution in [-0.2, 0) is 13.0 Å². The zero-order chi connectivity index (χ0) is 12.2. The van der Waals surface area contributed by atoms with Gasteiger partial charge in [-0.15, -0.1) is 0 Å². The number of aromatic carboxylic acids is 1. The fourth-order valence-corrected chi connectivity index (χ4v) is 2.72. The number of aromatic nitrogens is 1. The summed E-state index contributed by atoms with van der Waals surface area (Å²) in [5.41, 5.74) is 2.51. The third kappa shape index (κ3) is 1.18. The van der Waals surface area contributed by atoms with E-state index in [0.717, 1.165) is 22.9 Å². The van der Waals surface area contributed by atoms with Gasteiger partial charge in [0.25, 0.3) is 0 Å². The summed E-state index contributed by atoms with van der Waals surface area (Å²) >= 11 is 0. The van der Waals surface area contributed by atoms with Crippen LogP contribution in [0.25, 0.3) is 10.9 Å². The molecule has 1 aromatic heterocycles. The lowest BCUT2D eigenvalue weighted by molar-refractivity contribution is 0.0681. The number of hydrogen-bond donors (Lipinski definition) is 1. The molecule has 4 nitrogen and oxygen atoms in total. The number of para-hydroxylation sites is 1. The van der Waals surface area contributed by atoms with E-state index in [1.807, 2.05) is 18.2 Å². The van der Waals surface area contributed by atoms with Crippen LogP contribution in [-0.4, -0.2) is 21.4 Å². The van der Waals surface area contributed by atoms with E-state index in [1.165, 1.54) is 6.92 Å². The first kappa shape index (κ1) is 10.1. The molecule has 2 aromatic rings. The Morgan fingerprint density at radius 2 is 2.12 bits per heavy atom. The van der Waals surface area contributed by atoms with Gasteiger partial charge in [0, 0.05) is 11.9 Å². The molecule has 1 N–H and O–H groups in total. The van der Waals surface area contributed by atoms with E-state index in [1.54, 1.807) is 4.57 Å². The van der Waals surface area contributed by atoms with E-state index in [4.69, 9.17) is 0 Å². The third-order valence-corrected chi connectivity index (χ3v) is 3.32. The molecule has 0 aliphatic carbocycles. The number of aryl methyl sites for hydroxylation is 2. The molecule has 86 valence electrons. The molecule has 0 atom stereocenters. The lowest BCUT2D eigenvalue weighted by Crippen LogP contribution is -2.11. The minimum atomic E-state index is -1.03. The van der Waals surface area contributed by atoms with Crippen LogP contribution in [0.15, 0.2) is 18.2 Å². The molecular weight excluding hydrogens is 218 g/mol. The second kappa shape index (κ2) is 3.20. The van der Waals surface area contributed by atoms with Crippen LogP contribution >= 0.6 is 0 Å². The lowest BCUT2D eigenvalue weighted by Gasteiger charge is -2.02. The second-order valence-corrected chi connectivity index (χ2v) is 4.30.